The summed E-state index contributed by atoms with van der Waals surface area (Å²) in [6, 6.07) is 8.47. The number of hydrogen-bond acceptors (Lipinski definition) is 0. The van der Waals surface area contributed by atoms with E-state index in [1.165, 1.54) is 22.2 Å². The summed E-state index contributed by atoms with van der Waals surface area (Å²) in [5, 5.41) is 1.31. The average Bonchev–Trinajstić information content (AvgIpc) is 2.48. The topological polar surface area (TPSA) is 4.93 Å². The minimum absolute atomic E-state index is 1.22. The van der Waals surface area contributed by atoms with E-state index in [0.717, 1.165) is 0 Å². The first-order chi connectivity index (χ1) is 7.38. The van der Waals surface area contributed by atoms with Crippen LogP contribution in [0.15, 0.2) is 42.1 Å². The van der Waals surface area contributed by atoms with Crippen molar-refractivity contribution in [3.63, 3.8) is 0 Å². The third-order valence-electron chi connectivity index (χ3n) is 2.87. The van der Waals surface area contributed by atoms with Gasteiger partial charge in [-0.3, -0.25) is 0 Å². The summed E-state index contributed by atoms with van der Waals surface area (Å²) < 4.78 is 2.21. The zero-order chi connectivity index (χ0) is 10.3. The van der Waals surface area contributed by atoms with Crippen molar-refractivity contribution in [2.24, 2.45) is 7.05 Å². The highest BCUT2D eigenvalue weighted by molar-refractivity contribution is 5.94. The zero-order valence-corrected chi connectivity index (χ0v) is 8.57. The number of nitrogens with zero attached hydrogens (tertiary/aromatic N) is 1. The molecule has 0 bridgehead atoms. The van der Waals surface area contributed by atoms with Crippen LogP contribution < -0.4 is 0 Å². The molecule has 72 valence electrons. The standard InChI is InChI=1S/C14H11N/c1-15-13-9-4-2-3-7-11(13)12-8-5-6-10-14(12)15/h2-3,5-10H,1H3. The van der Waals surface area contributed by atoms with Crippen LogP contribution in [0.25, 0.3) is 23.1 Å². The van der Waals surface area contributed by atoms with Crippen molar-refractivity contribution in [2.45, 2.75) is 0 Å². The first kappa shape index (κ1) is 8.34. The largest absolute Gasteiger partial charge is 0.343 e. The highest BCUT2D eigenvalue weighted by Gasteiger charge is 2.10. The predicted octanol–water partition coefficient (Wildman–Crippen LogP) is 3.37. The Morgan fingerprint density at radius 1 is 1.20 bits per heavy atom. The molecule has 3 rings (SSSR count). The molecule has 0 atom stereocenters. The highest BCUT2D eigenvalue weighted by Crippen LogP contribution is 2.27. The summed E-state index contributed by atoms with van der Waals surface area (Å²) in [5.41, 5.74) is 6.93. The van der Waals surface area contributed by atoms with Crippen LogP contribution in [0.3, 0.4) is 0 Å². The first-order valence-corrected chi connectivity index (χ1v) is 5.04. The fraction of sp³-hybridized carbons (Fsp3) is 0.0714. The SMILES string of the molecule is Cn1c2c(c3ccccc31)C=CC=C=C2. The Kier molecular flexibility index (Phi) is 1.67. The Bertz CT molecular complexity index is 620. The van der Waals surface area contributed by atoms with Crippen LogP contribution in [0.1, 0.15) is 11.3 Å². The van der Waals surface area contributed by atoms with E-state index in [0.29, 0.717) is 0 Å². The molecule has 1 nitrogen and oxygen atoms in total. The first-order valence-electron chi connectivity index (χ1n) is 5.04. The number of benzene rings is 1. The van der Waals surface area contributed by atoms with Gasteiger partial charge in [0, 0.05) is 29.6 Å². The lowest BCUT2D eigenvalue weighted by Gasteiger charge is -1.97. The Morgan fingerprint density at radius 2 is 2.07 bits per heavy atom. The molecule has 1 aromatic heterocycles. The van der Waals surface area contributed by atoms with Gasteiger partial charge in [0.15, 0.2) is 0 Å². The molecule has 1 aliphatic rings. The van der Waals surface area contributed by atoms with Gasteiger partial charge in [0.2, 0.25) is 0 Å². The number of hydrogen-bond donors (Lipinski definition) is 0. The summed E-state index contributed by atoms with van der Waals surface area (Å²) in [6.07, 6.45) is 8.16. The minimum atomic E-state index is 1.22. The van der Waals surface area contributed by atoms with E-state index in [-0.39, 0.29) is 0 Å². The van der Waals surface area contributed by atoms with Gasteiger partial charge in [0.05, 0.1) is 5.69 Å². The van der Waals surface area contributed by atoms with Crippen LogP contribution in [0.5, 0.6) is 0 Å². The van der Waals surface area contributed by atoms with E-state index >= 15 is 0 Å². The molecular formula is C14H11N. The third kappa shape index (κ3) is 1.11. The van der Waals surface area contributed by atoms with Crippen molar-refractivity contribution in [3.8, 4) is 0 Å². The molecule has 1 aliphatic carbocycles. The van der Waals surface area contributed by atoms with Crippen molar-refractivity contribution >= 4 is 23.1 Å². The molecule has 0 radical (unpaired) electrons. The molecule has 0 unspecified atom stereocenters. The second-order valence-electron chi connectivity index (χ2n) is 3.71. The van der Waals surface area contributed by atoms with Crippen LogP contribution in [-0.2, 0) is 7.05 Å². The maximum atomic E-state index is 3.15. The van der Waals surface area contributed by atoms with Crippen molar-refractivity contribution in [1.82, 2.24) is 4.57 Å². The average molecular weight is 193 g/mol. The molecule has 2 aromatic rings. The smallest absolute Gasteiger partial charge is 0.0567 e. The van der Waals surface area contributed by atoms with Gasteiger partial charge < -0.3 is 4.57 Å². The van der Waals surface area contributed by atoms with Gasteiger partial charge in [-0.2, -0.15) is 0 Å². The molecule has 1 heterocycles. The Morgan fingerprint density at radius 3 is 3.00 bits per heavy atom. The normalized spacial score (nSPS) is 13.1. The Balaban J connectivity index is 2.53. The summed E-state index contributed by atoms with van der Waals surface area (Å²) in [4.78, 5) is 0. The minimum Gasteiger partial charge on any atom is -0.343 e. The van der Waals surface area contributed by atoms with Crippen molar-refractivity contribution < 1.29 is 0 Å². The van der Waals surface area contributed by atoms with Gasteiger partial charge in [-0.15, -0.1) is 5.73 Å². The quantitative estimate of drug-likeness (QED) is 0.565. The molecule has 0 amide bonds. The summed E-state index contributed by atoms with van der Waals surface area (Å²) in [6.45, 7) is 0. The van der Waals surface area contributed by atoms with E-state index in [1.807, 2.05) is 18.2 Å². The van der Waals surface area contributed by atoms with Gasteiger partial charge in [-0.05, 0) is 12.1 Å². The lowest BCUT2D eigenvalue weighted by molar-refractivity contribution is 0.953. The molecule has 1 heteroatoms. The van der Waals surface area contributed by atoms with Crippen molar-refractivity contribution in [2.75, 3.05) is 0 Å². The van der Waals surface area contributed by atoms with Gasteiger partial charge >= 0.3 is 0 Å². The van der Waals surface area contributed by atoms with Crippen molar-refractivity contribution in [3.05, 3.63) is 53.4 Å². The number of allylic oxidation sites excluding steroid dienone is 2. The molecule has 0 fully saturated rings. The lowest BCUT2D eigenvalue weighted by Crippen LogP contribution is -1.89. The monoisotopic (exact) mass is 193 g/mol. The highest BCUT2D eigenvalue weighted by atomic mass is 14.9. The molecule has 1 aromatic carbocycles. The van der Waals surface area contributed by atoms with E-state index in [9.17, 15) is 0 Å². The van der Waals surface area contributed by atoms with Gasteiger partial charge in [-0.1, -0.05) is 30.4 Å². The van der Waals surface area contributed by atoms with Crippen LogP contribution in [0, 0.1) is 0 Å². The summed E-state index contributed by atoms with van der Waals surface area (Å²) in [7, 11) is 2.10. The molecular weight excluding hydrogens is 182 g/mol. The molecule has 0 N–H and O–H groups in total. The van der Waals surface area contributed by atoms with Gasteiger partial charge in [0.1, 0.15) is 0 Å². The zero-order valence-electron chi connectivity index (χ0n) is 8.57. The molecule has 15 heavy (non-hydrogen) atoms. The van der Waals surface area contributed by atoms with Gasteiger partial charge in [-0.25, -0.2) is 0 Å². The van der Waals surface area contributed by atoms with Crippen LogP contribution >= 0.6 is 0 Å². The maximum Gasteiger partial charge on any atom is 0.0567 e. The second kappa shape index (κ2) is 3.01. The maximum absolute atomic E-state index is 3.15. The molecule has 0 aliphatic heterocycles. The fourth-order valence-electron chi connectivity index (χ4n) is 2.12. The number of fused-ring (bicyclic) bond motifs is 3. The number of para-hydroxylation sites is 1. The van der Waals surface area contributed by atoms with E-state index < -0.39 is 0 Å². The number of aryl methyl sites for hydroxylation is 1. The van der Waals surface area contributed by atoms with Crippen LogP contribution in [0.2, 0.25) is 0 Å². The third-order valence-corrected chi connectivity index (χ3v) is 2.87. The Labute approximate surface area is 88.6 Å². The van der Waals surface area contributed by atoms with Crippen LogP contribution in [0.4, 0.5) is 0 Å². The molecule has 0 saturated heterocycles. The predicted molar refractivity (Wildman–Crippen MR) is 64.5 cm³/mol. The molecule has 0 saturated carbocycles. The van der Waals surface area contributed by atoms with Crippen LogP contribution in [-0.4, -0.2) is 4.57 Å². The molecule has 0 spiro atoms. The summed E-state index contributed by atoms with van der Waals surface area (Å²) >= 11 is 0. The van der Waals surface area contributed by atoms with Crippen molar-refractivity contribution in [1.29, 1.82) is 0 Å². The number of aromatic nitrogens is 1. The fourth-order valence-corrected chi connectivity index (χ4v) is 2.12. The van der Waals surface area contributed by atoms with E-state index in [4.69, 9.17) is 0 Å². The summed E-state index contributed by atoms with van der Waals surface area (Å²) in [5.74, 6) is 0. The second-order valence-corrected chi connectivity index (χ2v) is 3.71. The lowest BCUT2D eigenvalue weighted by atomic mass is 10.1. The number of rotatable bonds is 0. The van der Waals surface area contributed by atoms with Gasteiger partial charge in [0.25, 0.3) is 0 Å². The van der Waals surface area contributed by atoms with E-state index in [2.05, 4.69) is 47.7 Å². The Hall–Kier alpha value is -1.98. The van der Waals surface area contributed by atoms with E-state index in [1.54, 1.807) is 0 Å².